The maximum absolute atomic E-state index is 4.49. The molecule has 1 aromatic heterocycles. The summed E-state index contributed by atoms with van der Waals surface area (Å²) in [5.41, 5.74) is 1.44. The minimum absolute atomic E-state index is 0.372. The minimum atomic E-state index is 0.372. The average Bonchev–Trinajstić information content (AvgIpc) is 2.97. The van der Waals surface area contributed by atoms with Gasteiger partial charge in [-0.05, 0) is 44.7 Å². The number of hydrogen-bond donors (Lipinski definition) is 1. The maximum atomic E-state index is 4.49. The van der Waals surface area contributed by atoms with Gasteiger partial charge >= 0.3 is 0 Å². The summed E-state index contributed by atoms with van der Waals surface area (Å²) in [7, 11) is 0. The van der Waals surface area contributed by atoms with E-state index >= 15 is 0 Å². The lowest BCUT2D eigenvalue weighted by molar-refractivity contribution is 0.544. The lowest BCUT2D eigenvalue weighted by atomic mass is 10.1. The molecule has 2 rings (SSSR count). The lowest BCUT2D eigenvalue weighted by Crippen LogP contribution is -2.19. The van der Waals surface area contributed by atoms with Crippen LogP contribution in [-0.4, -0.2) is 11.5 Å². The van der Waals surface area contributed by atoms with Gasteiger partial charge in [-0.1, -0.05) is 37.3 Å². The van der Waals surface area contributed by atoms with Gasteiger partial charge in [0.05, 0.1) is 6.04 Å². The zero-order valence-electron chi connectivity index (χ0n) is 12.4. The van der Waals surface area contributed by atoms with Crippen LogP contribution in [0.2, 0.25) is 0 Å². The summed E-state index contributed by atoms with van der Waals surface area (Å²) in [6.45, 7) is 5.45. The Bertz CT molecular complexity index is 493. The van der Waals surface area contributed by atoms with E-state index in [2.05, 4.69) is 54.5 Å². The molecular formula is C17H24N2S. The van der Waals surface area contributed by atoms with Gasteiger partial charge in [0, 0.05) is 11.1 Å². The van der Waals surface area contributed by atoms with Crippen molar-refractivity contribution in [1.82, 2.24) is 10.3 Å². The van der Waals surface area contributed by atoms with E-state index in [1.54, 1.807) is 0 Å². The molecule has 1 N–H and O–H groups in total. The van der Waals surface area contributed by atoms with Crippen LogP contribution in [0, 0.1) is 0 Å². The van der Waals surface area contributed by atoms with E-state index < -0.39 is 0 Å². The largest absolute Gasteiger partial charge is 0.308 e. The highest BCUT2D eigenvalue weighted by molar-refractivity contribution is 7.11. The zero-order valence-corrected chi connectivity index (χ0v) is 13.2. The topological polar surface area (TPSA) is 24.9 Å². The standard InChI is InChI=1S/C17H24N2S/c1-3-16-13-19-17(20-16)14(2)18-12-8-7-11-15-9-5-4-6-10-15/h4-6,9-10,13-14,18H,3,7-8,11-12H2,1-2H3. The number of nitrogens with zero attached hydrogens (tertiary/aromatic N) is 1. The van der Waals surface area contributed by atoms with Gasteiger partial charge in [-0.2, -0.15) is 0 Å². The summed E-state index contributed by atoms with van der Waals surface area (Å²) in [5.74, 6) is 0. The first-order chi connectivity index (χ1) is 9.79. The Morgan fingerprint density at radius 3 is 2.70 bits per heavy atom. The molecule has 0 spiro atoms. The van der Waals surface area contributed by atoms with E-state index in [1.807, 2.05) is 17.5 Å². The maximum Gasteiger partial charge on any atom is 0.109 e. The molecule has 0 bridgehead atoms. The molecule has 108 valence electrons. The predicted molar refractivity (Wildman–Crippen MR) is 87.3 cm³/mol. The van der Waals surface area contributed by atoms with Crippen LogP contribution in [0.25, 0.3) is 0 Å². The third kappa shape index (κ3) is 4.73. The van der Waals surface area contributed by atoms with Crippen LogP contribution in [0.4, 0.5) is 0 Å². The molecule has 3 heteroatoms. The molecule has 2 nitrogen and oxygen atoms in total. The van der Waals surface area contributed by atoms with Crippen molar-refractivity contribution >= 4 is 11.3 Å². The van der Waals surface area contributed by atoms with Gasteiger partial charge in [0.1, 0.15) is 5.01 Å². The fourth-order valence-corrected chi connectivity index (χ4v) is 3.07. The smallest absolute Gasteiger partial charge is 0.109 e. The Morgan fingerprint density at radius 2 is 2.00 bits per heavy atom. The van der Waals surface area contributed by atoms with Crippen LogP contribution in [0.1, 0.15) is 48.2 Å². The van der Waals surface area contributed by atoms with Crippen LogP contribution in [0.3, 0.4) is 0 Å². The van der Waals surface area contributed by atoms with E-state index in [0.29, 0.717) is 6.04 Å². The van der Waals surface area contributed by atoms with Gasteiger partial charge < -0.3 is 5.32 Å². The molecule has 1 unspecified atom stereocenters. The highest BCUT2D eigenvalue weighted by Crippen LogP contribution is 2.20. The minimum Gasteiger partial charge on any atom is -0.308 e. The van der Waals surface area contributed by atoms with Crippen LogP contribution in [-0.2, 0) is 12.8 Å². The SMILES string of the molecule is CCc1cnc(C(C)NCCCCc2ccccc2)s1. The van der Waals surface area contributed by atoms with Crippen LogP contribution in [0.5, 0.6) is 0 Å². The monoisotopic (exact) mass is 288 g/mol. The molecule has 0 amide bonds. The molecule has 20 heavy (non-hydrogen) atoms. The Morgan fingerprint density at radius 1 is 1.20 bits per heavy atom. The van der Waals surface area contributed by atoms with Crippen molar-refractivity contribution in [3.8, 4) is 0 Å². The number of benzene rings is 1. The normalized spacial score (nSPS) is 12.5. The lowest BCUT2D eigenvalue weighted by Gasteiger charge is -2.10. The van der Waals surface area contributed by atoms with Crippen LogP contribution >= 0.6 is 11.3 Å². The van der Waals surface area contributed by atoms with Crippen molar-refractivity contribution in [2.24, 2.45) is 0 Å². The number of unbranched alkanes of at least 4 members (excludes halogenated alkanes) is 1. The number of aryl methyl sites for hydroxylation is 2. The van der Waals surface area contributed by atoms with E-state index in [-0.39, 0.29) is 0 Å². The number of nitrogens with one attached hydrogen (secondary N) is 1. The van der Waals surface area contributed by atoms with Gasteiger partial charge in [-0.25, -0.2) is 4.98 Å². The van der Waals surface area contributed by atoms with Crippen molar-refractivity contribution < 1.29 is 0 Å². The summed E-state index contributed by atoms with van der Waals surface area (Å²) in [6, 6.07) is 11.1. The van der Waals surface area contributed by atoms with Gasteiger partial charge in [0.2, 0.25) is 0 Å². The number of rotatable bonds is 8. The van der Waals surface area contributed by atoms with E-state index in [1.165, 1.54) is 34.7 Å². The molecule has 1 atom stereocenters. The van der Waals surface area contributed by atoms with Gasteiger partial charge in [-0.3, -0.25) is 0 Å². The first kappa shape index (κ1) is 15.2. The van der Waals surface area contributed by atoms with Crippen molar-refractivity contribution in [3.05, 3.63) is 52.0 Å². The number of thiazole rings is 1. The molecule has 0 radical (unpaired) electrons. The average molecular weight is 288 g/mol. The molecular weight excluding hydrogens is 264 g/mol. The summed E-state index contributed by atoms with van der Waals surface area (Å²) in [5, 5.41) is 4.78. The van der Waals surface area contributed by atoms with E-state index in [9.17, 15) is 0 Å². The number of hydrogen-bond acceptors (Lipinski definition) is 3. The highest BCUT2D eigenvalue weighted by Gasteiger charge is 2.08. The third-order valence-electron chi connectivity index (χ3n) is 3.48. The number of aromatic nitrogens is 1. The van der Waals surface area contributed by atoms with Crippen molar-refractivity contribution in [3.63, 3.8) is 0 Å². The molecule has 0 saturated heterocycles. The molecule has 0 saturated carbocycles. The summed E-state index contributed by atoms with van der Waals surface area (Å²) in [4.78, 5) is 5.86. The Balaban J connectivity index is 1.63. The predicted octanol–water partition coefficient (Wildman–Crippen LogP) is 4.38. The Labute approximate surface area is 126 Å². The van der Waals surface area contributed by atoms with E-state index in [0.717, 1.165) is 13.0 Å². The van der Waals surface area contributed by atoms with Crippen molar-refractivity contribution in [2.75, 3.05) is 6.54 Å². The second-order valence-electron chi connectivity index (χ2n) is 5.14. The Hall–Kier alpha value is -1.19. The Kier molecular flexibility index (Phi) is 6.22. The van der Waals surface area contributed by atoms with Gasteiger partial charge in [-0.15, -0.1) is 11.3 Å². The molecule has 0 aliphatic carbocycles. The molecule has 0 aliphatic rings. The second kappa shape index (κ2) is 8.18. The van der Waals surface area contributed by atoms with Crippen molar-refractivity contribution in [1.29, 1.82) is 0 Å². The molecule has 1 aromatic carbocycles. The van der Waals surface area contributed by atoms with Crippen LogP contribution in [0.15, 0.2) is 36.5 Å². The first-order valence-corrected chi connectivity index (χ1v) is 8.33. The second-order valence-corrected chi connectivity index (χ2v) is 6.28. The zero-order chi connectivity index (χ0) is 14.2. The fourth-order valence-electron chi connectivity index (χ4n) is 2.19. The highest BCUT2D eigenvalue weighted by atomic mass is 32.1. The fraction of sp³-hybridized carbons (Fsp3) is 0.471. The van der Waals surface area contributed by atoms with E-state index in [4.69, 9.17) is 0 Å². The molecule has 0 fully saturated rings. The molecule has 2 aromatic rings. The molecule has 0 aliphatic heterocycles. The molecule has 1 heterocycles. The van der Waals surface area contributed by atoms with Crippen molar-refractivity contribution in [2.45, 2.75) is 45.6 Å². The summed E-state index contributed by atoms with van der Waals surface area (Å²) >= 11 is 1.83. The summed E-state index contributed by atoms with van der Waals surface area (Å²) < 4.78 is 0. The quantitative estimate of drug-likeness (QED) is 0.729. The third-order valence-corrected chi connectivity index (χ3v) is 4.80. The summed E-state index contributed by atoms with van der Waals surface area (Å²) in [6.07, 6.45) is 6.72. The van der Waals surface area contributed by atoms with Crippen LogP contribution < -0.4 is 5.32 Å². The first-order valence-electron chi connectivity index (χ1n) is 7.51. The van der Waals surface area contributed by atoms with Gasteiger partial charge in [0.15, 0.2) is 0 Å². The van der Waals surface area contributed by atoms with Gasteiger partial charge in [0.25, 0.3) is 0 Å².